The van der Waals surface area contributed by atoms with Gasteiger partial charge in [0.2, 0.25) is 0 Å². The van der Waals surface area contributed by atoms with Gasteiger partial charge in [0.05, 0.1) is 6.26 Å². The lowest BCUT2D eigenvalue weighted by atomic mass is 9.94. The Hall–Kier alpha value is -0.280. The largest absolute Gasteiger partial charge is 0.457 e. The summed E-state index contributed by atoms with van der Waals surface area (Å²) in [5.74, 6) is 0.746. The Kier molecular flexibility index (Phi) is 6.90. The van der Waals surface area contributed by atoms with E-state index in [2.05, 4.69) is 48.1 Å². The molecule has 0 saturated heterocycles. The second-order valence-corrected chi connectivity index (χ2v) is 5.51. The smallest absolute Gasteiger partial charge is 0.173 e. The summed E-state index contributed by atoms with van der Waals surface area (Å²) in [6.07, 6.45) is 6.64. The molecule has 0 aromatic carbocycles. The van der Waals surface area contributed by atoms with Gasteiger partial charge in [-0.3, -0.25) is 0 Å². The molecule has 1 heterocycles. The molecule has 0 radical (unpaired) electrons. The molecular weight excluding hydrogens is 278 g/mol. The van der Waals surface area contributed by atoms with Gasteiger partial charge in [-0.2, -0.15) is 0 Å². The van der Waals surface area contributed by atoms with Gasteiger partial charge in [0, 0.05) is 11.6 Å². The highest BCUT2D eigenvalue weighted by atomic mass is 79.9. The van der Waals surface area contributed by atoms with Crippen LogP contribution in [0.2, 0.25) is 0 Å². The zero-order chi connectivity index (χ0) is 12.7. The van der Waals surface area contributed by atoms with E-state index < -0.39 is 0 Å². The van der Waals surface area contributed by atoms with E-state index in [0.717, 1.165) is 23.6 Å². The van der Waals surface area contributed by atoms with E-state index in [1.807, 2.05) is 0 Å². The minimum Gasteiger partial charge on any atom is -0.457 e. The standard InChI is InChI=1S/C14H24BrNO/c1-4-6-11(3)10-13(16-8-5-2)12-7-9-17-14(12)15/h7,9,11,13,16H,4-6,8,10H2,1-3H3. The first kappa shape index (κ1) is 14.8. The first-order valence-corrected chi connectivity index (χ1v) is 7.44. The summed E-state index contributed by atoms with van der Waals surface area (Å²) in [7, 11) is 0. The lowest BCUT2D eigenvalue weighted by molar-refractivity contribution is 0.385. The first-order chi connectivity index (χ1) is 8.19. The highest BCUT2D eigenvalue weighted by Crippen LogP contribution is 2.30. The van der Waals surface area contributed by atoms with Crippen LogP contribution in [-0.4, -0.2) is 6.54 Å². The summed E-state index contributed by atoms with van der Waals surface area (Å²) in [5.41, 5.74) is 1.25. The van der Waals surface area contributed by atoms with Crippen molar-refractivity contribution in [2.45, 2.75) is 52.5 Å². The summed E-state index contributed by atoms with van der Waals surface area (Å²) in [4.78, 5) is 0. The van der Waals surface area contributed by atoms with Crippen molar-refractivity contribution in [3.05, 3.63) is 22.6 Å². The van der Waals surface area contributed by atoms with Gasteiger partial charge in [-0.1, -0.05) is 33.6 Å². The zero-order valence-electron chi connectivity index (χ0n) is 11.1. The molecule has 0 aliphatic rings. The monoisotopic (exact) mass is 301 g/mol. The van der Waals surface area contributed by atoms with Crippen LogP contribution in [0.25, 0.3) is 0 Å². The van der Waals surface area contributed by atoms with E-state index in [1.165, 1.54) is 24.8 Å². The fraction of sp³-hybridized carbons (Fsp3) is 0.714. The Morgan fingerprint density at radius 3 is 2.65 bits per heavy atom. The fourth-order valence-electron chi connectivity index (χ4n) is 2.21. The van der Waals surface area contributed by atoms with E-state index in [4.69, 9.17) is 4.42 Å². The molecule has 0 bridgehead atoms. The molecule has 3 heteroatoms. The van der Waals surface area contributed by atoms with Crippen molar-refractivity contribution in [1.82, 2.24) is 5.32 Å². The van der Waals surface area contributed by atoms with E-state index in [-0.39, 0.29) is 0 Å². The van der Waals surface area contributed by atoms with Crippen LogP contribution in [-0.2, 0) is 0 Å². The van der Waals surface area contributed by atoms with Crippen molar-refractivity contribution in [2.24, 2.45) is 5.92 Å². The summed E-state index contributed by atoms with van der Waals surface area (Å²) in [6, 6.07) is 2.47. The van der Waals surface area contributed by atoms with Crippen LogP contribution in [0, 0.1) is 5.92 Å². The van der Waals surface area contributed by atoms with Crippen molar-refractivity contribution in [2.75, 3.05) is 6.54 Å². The Morgan fingerprint density at radius 2 is 2.12 bits per heavy atom. The molecule has 98 valence electrons. The summed E-state index contributed by atoms with van der Waals surface area (Å²) >= 11 is 3.48. The quantitative estimate of drug-likeness (QED) is 0.738. The average Bonchev–Trinajstić information content (AvgIpc) is 2.71. The van der Waals surface area contributed by atoms with E-state index in [0.29, 0.717) is 6.04 Å². The maximum atomic E-state index is 5.34. The minimum atomic E-state index is 0.407. The van der Waals surface area contributed by atoms with Gasteiger partial charge >= 0.3 is 0 Å². The van der Waals surface area contributed by atoms with E-state index >= 15 is 0 Å². The molecule has 0 saturated carbocycles. The molecule has 17 heavy (non-hydrogen) atoms. The van der Waals surface area contributed by atoms with Gasteiger partial charge < -0.3 is 9.73 Å². The van der Waals surface area contributed by atoms with Gasteiger partial charge in [0.1, 0.15) is 0 Å². The highest BCUT2D eigenvalue weighted by Gasteiger charge is 2.18. The molecule has 1 rings (SSSR count). The van der Waals surface area contributed by atoms with Crippen molar-refractivity contribution in [1.29, 1.82) is 0 Å². The van der Waals surface area contributed by atoms with E-state index in [9.17, 15) is 0 Å². The highest BCUT2D eigenvalue weighted by molar-refractivity contribution is 9.10. The Bertz CT molecular complexity index is 311. The fourth-order valence-corrected chi connectivity index (χ4v) is 2.72. The van der Waals surface area contributed by atoms with Crippen LogP contribution in [0.3, 0.4) is 0 Å². The third kappa shape index (κ3) is 4.84. The van der Waals surface area contributed by atoms with Gasteiger partial charge in [0.25, 0.3) is 0 Å². The van der Waals surface area contributed by atoms with Crippen LogP contribution in [0.4, 0.5) is 0 Å². The number of furan rings is 1. The lowest BCUT2D eigenvalue weighted by Gasteiger charge is -2.21. The predicted octanol–water partition coefficient (Wildman–Crippen LogP) is 4.91. The van der Waals surface area contributed by atoms with Crippen LogP contribution < -0.4 is 5.32 Å². The van der Waals surface area contributed by atoms with Crippen LogP contribution in [0.15, 0.2) is 21.4 Å². The van der Waals surface area contributed by atoms with Gasteiger partial charge in [-0.15, -0.1) is 0 Å². The molecular formula is C14H24BrNO. The third-order valence-electron chi connectivity index (χ3n) is 3.08. The molecule has 2 nitrogen and oxygen atoms in total. The van der Waals surface area contributed by atoms with Crippen LogP contribution >= 0.6 is 15.9 Å². The van der Waals surface area contributed by atoms with Crippen LogP contribution in [0.5, 0.6) is 0 Å². The van der Waals surface area contributed by atoms with Crippen molar-refractivity contribution in [3.63, 3.8) is 0 Å². The molecule has 1 N–H and O–H groups in total. The number of hydrogen-bond acceptors (Lipinski definition) is 2. The molecule has 0 amide bonds. The predicted molar refractivity (Wildman–Crippen MR) is 76.1 cm³/mol. The number of rotatable bonds is 8. The van der Waals surface area contributed by atoms with Crippen LogP contribution in [0.1, 0.15) is 58.1 Å². The number of nitrogens with one attached hydrogen (secondary N) is 1. The molecule has 0 spiro atoms. The third-order valence-corrected chi connectivity index (χ3v) is 3.73. The first-order valence-electron chi connectivity index (χ1n) is 6.65. The number of hydrogen-bond donors (Lipinski definition) is 1. The minimum absolute atomic E-state index is 0.407. The van der Waals surface area contributed by atoms with Gasteiger partial charge in [-0.25, -0.2) is 0 Å². The Balaban J connectivity index is 2.63. The Morgan fingerprint density at radius 1 is 1.35 bits per heavy atom. The van der Waals surface area contributed by atoms with E-state index in [1.54, 1.807) is 6.26 Å². The summed E-state index contributed by atoms with van der Waals surface area (Å²) in [6.45, 7) is 7.84. The maximum absolute atomic E-state index is 5.34. The molecule has 0 aliphatic carbocycles. The molecule has 0 fully saturated rings. The molecule has 1 aromatic heterocycles. The molecule has 0 aliphatic heterocycles. The van der Waals surface area contributed by atoms with Gasteiger partial charge in [0.15, 0.2) is 4.67 Å². The molecule has 2 atom stereocenters. The average molecular weight is 302 g/mol. The number of halogens is 1. The molecule has 2 unspecified atom stereocenters. The van der Waals surface area contributed by atoms with Crippen molar-refractivity contribution < 1.29 is 4.42 Å². The summed E-state index contributed by atoms with van der Waals surface area (Å²) in [5, 5.41) is 3.61. The van der Waals surface area contributed by atoms with Gasteiger partial charge in [-0.05, 0) is 47.3 Å². The Labute approximate surface area is 113 Å². The van der Waals surface area contributed by atoms with Crippen molar-refractivity contribution >= 4 is 15.9 Å². The SMILES string of the molecule is CCCNC(CC(C)CCC)c1ccoc1Br. The maximum Gasteiger partial charge on any atom is 0.173 e. The second kappa shape index (κ2) is 7.93. The normalized spacial score (nSPS) is 14.8. The second-order valence-electron chi connectivity index (χ2n) is 4.79. The topological polar surface area (TPSA) is 25.2 Å². The van der Waals surface area contributed by atoms with Crippen molar-refractivity contribution in [3.8, 4) is 0 Å². The lowest BCUT2D eigenvalue weighted by Crippen LogP contribution is -2.24. The summed E-state index contributed by atoms with van der Waals surface area (Å²) < 4.78 is 6.21. The molecule has 1 aromatic rings. The zero-order valence-corrected chi connectivity index (χ0v) is 12.7.